The van der Waals surface area contributed by atoms with Crippen LogP contribution in [0.1, 0.15) is 30.6 Å². The lowest BCUT2D eigenvalue weighted by Gasteiger charge is -2.08. The highest BCUT2D eigenvalue weighted by molar-refractivity contribution is 7.91. The van der Waals surface area contributed by atoms with Crippen LogP contribution in [0.3, 0.4) is 0 Å². The van der Waals surface area contributed by atoms with Gasteiger partial charge in [-0.3, -0.25) is 0 Å². The van der Waals surface area contributed by atoms with E-state index in [1.165, 1.54) is 24.3 Å². The van der Waals surface area contributed by atoms with Crippen molar-refractivity contribution in [1.82, 2.24) is 0 Å². The molecule has 17 heavy (non-hydrogen) atoms. The van der Waals surface area contributed by atoms with Crippen LogP contribution in [-0.2, 0) is 9.84 Å². The third kappa shape index (κ3) is 3.56. The minimum absolute atomic E-state index is 0.0189. The second-order valence-corrected chi connectivity index (χ2v) is 6.38. The van der Waals surface area contributed by atoms with Gasteiger partial charge >= 0.3 is 5.97 Å². The Bertz CT molecular complexity index is 503. The van der Waals surface area contributed by atoms with Gasteiger partial charge in [-0.25, -0.2) is 13.2 Å². The van der Waals surface area contributed by atoms with E-state index in [9.17, 15) is 13.2 Å². The zero-order valence-corrected chi connectivity index (χ0v) is 10.7. The van der Waals surface area contributed by atoms with Gasteiger partial charge < -0.3 is 5.11 Å². The van der Waals surface area contributed by atoms with Crippen molar-refractivity contribution in [3.8, 4) is 0 Å². The highest BCUT2D eigenvalue weighted by Crippen LogP contribution is 2.19. The maximum Gasteiger partial charge on any atom is 0.337 e. The maximum absolute atomic E-state index is 12.0. The van der Waals surface area contributed by atoms with Crippen molar-refractivity contribution >= 4 is 15.8 Å². The highest BCUT2D eigenvalue weighted by atomic mass is 32.2. The molecule has 0 spiro atoms. The molecule has 1 aromatic carbocycles. The summed E-state index contributed by atoms with van der Waals surface area (Å²) in [6.45, 7) is 3.86. The standard InChI is InChI=1S/C12H16O4S/c1-9(2)7-8-17(15,16)11-6-4-3-5-10(11)12(13)14/h3-6,9H,7-8H2,1-2H3,(H,13,14). The predicted molar refractivity (Wildman–Crippen MR) is 64.9 cm³/mol. The molecule has 0 aromatic heterocycles. The van der Waals surface area contributed by atoms with Crippen LogP contribution in [-0.4, -0.2) is 25.2 Å². The SMILES string of the molecule is CC(C)CCS(=O)(=O)c1ccccc1C(=O)O. The lowest BCUT2D eigenvalue weighted by molar-refractivity contribution is 0.0692. The number of rotatable bonds is 5. The van der Waals surface area contributed by atoms with Crippen LogP contribution in [0.4, 0.5) is 0 Å². The smallest absolute Gasteiger partial charge is 0.337 e. The largest absolute Gasteiger partial charge is 0.478 e. The molecule has 0 aliphatic rings. The van der Waals surface area contributed by atoms with Crippen molar-refractivity contribution in [3.63, 3.8) is 0 Å². The number of carboxylic acids is 1. The van der Waals surface area contributed by atoms with Crippen LogP contribution in [0.15, 0.2) is 29.2 Å². The quantitative estimate of drug-likeness (QED) is 0.876. The molecule has 1 aromatic rings. The third-order valence-electron chi connectivity index (χ3n) is 2.42. The minimum Gasteiger partial charge on any atom is -0.478 e. The van der Waals surface area contributed by atoms with Crippen molar-refractivity contribution in [1.29, 1.82) is 0 Å². The summed E-state index contributed by atoms with van der Waals surface area (Å²) in [7, 11) is -3.51. The first-order valence-corrected chi connectivity index (χ1v) is 7.05. The van der Waals surface area contributed by atoms with Gasteiger partial charge in [-0.15, -0.1) is 0 Å². The Labute approximate surface area is 101 Å². The molecule has 0 amide bonds. The summed E-state index contributed by atoms with van der Waals surface area (Å²) in [4.78, 5) is 10.9. The molecule has 0 atom stereocenters. The first-order chi connectivity index (χ1) is 7.84. The van der Waals surface area contributed by atoms with E-state index < -0.39 is 15.8 Å². The number of aromatic carboxylic acids is 1. The Balaban J connectivity index is 3.11. The summed E-state index contributed by atoms with van der Waals surface area (Å²) in [6, 6.07) is 5.71. The summed E-state index contributed by atoms with van der Waals surface area (Å²) in [5, 5.41) is 8.94. The first-order valence-electron chi connectivity index (χ1n) is 5.39. The molecule has 0 aliphatic heterocycles. The van der Waals surface area contributed by atoms with Crippen molar-refractivity contribution in [3.05, 3.63) is 29.8 Å². The Morgan fingerprint density at radius 3 is 2.41 bits per heavy atom. The molecule has 0 aliphatic carbocycles. The Kier molecular flexibility index (Phi) is 4.28. The van der Waals surface area contributed by atoms with Gasteiger partial charge in [0.1, 0.15) is 0 Å². The Hall–Kier alpha value is -1.36. The molecule has 0 saturated carbocycles. The number of hydrogen-bond acceptors (Lipinski definition) is 3. The van der Waals surface area contributed by atoms with E-state index in [0.717, 1.165) is 0 Å². The van der Waals surface area contributed by atoms with Gasteiger partial charge in [-0.05, 0) is 24.5 Å². The number of benzene rings is 1. The van der Waals surface area contributed by atoms with Gasteiger partial charge in [-0.1, -0.05) is 26.0 Å². The number of hydrogen-bond donors (Lipinski definition) is 1. The topological polar surface area (TPSA) is 71.4 Å². The molecule has 0 saturated heterocycles. The number of carbonyl (C=O) groups is 1. The molecule has 94 valence electrons. The zero-order chi connectivity index (χ0) is 13.1. The highest BCUT2D eigenvalue weighted by Gasteiger charge is 2.21. The fraction of sp³-hybridized carbons (Fsp3) is 0.417. The van der Waals surface area contributed by atoms with Crippen LogP contribution in [0.2, 0.25) is 0 Å². The maximum atomic E-state index is 12.0. The summed E-state index contributed by atoms with van der Waals surface area (Å²) in [5.41, 5.74) is -0.156. The van der Waals surface area contributed by atoms with Crippen molar-refractivity contribution in [2.45, 2.75) is 25.2 Å². The van der Waals surface area contributed by atoms with Gasteiger partial charge in [0.2, 0.25) is 0 Å². The molecule has 0 radical (unpaired) electrons. The average Bonchev–Trinajstić information content (AvgIpc) is 2.26. The van der Waals surface area contributed by atoms with Gasteiger partial charge in [0.15, 0.2) is 9.84 Å². The van der Waals surface area contributed by atoms with E-state index >= 15 is 0 Å². The van der Waals surface area contributed by atoms with Gasteiger partial charge in [0, 0.05) is 0 Å². The summed E-state index contributed by atoms with van der Waals surface area (Å²) >= 11 is 0. The van der Waals surface area contributed by atoms with E-state index in [1.54, 1.807) is 0 Å². The van der Waals surface area contributed by atoms with Crippen LogP contribution < -0.4 is 0 Å². The monoisotopic (exact) mass is 256 g/mol. The molecular weight excluding hydrogens is 240 g/mol. The van der Waals surface area contributed by atoms with E-state index in [0.29, 0.717) is 6.42 Å². The molecular formula is C12H16O4S. The fourth-order valence-electron chi connectivity index (χ4n) is 1.42. The van der Waals surface area contributed by atoms with Crippen molar-refractivity contribution in [2.24, 2.45) is 5.92 Å². The van der Waals surface area contributed by atoms with Gasteiger partial charge in [0.05, 0.1) is 16.2 Å². The van der Waals surface area contributed by atoms with Crippen LogP contribution in [0.25, 0.3) is 0 Å². The summed E-state index contributed by atoms with van der Waals surface area (Å²) in [6.07, 6.45) is 0.524. The van der Waals surface area contributed by atoms with Gasteiger partial charge in [-0.2, -0.15) is 0 Å². The molecule has 5 heteroatoms. The van der Waals surface area contributed by atoms with Crippen LogP contribution in [0.5, 0.6) is 0 Å². The lowest BCUT2D eigenvalue weighted by Crippen LogP contribution is -2.13. The molecule has 0 bridgehead atoms. The molecule has 4 nitrogen and oxygen atoms in total. The molecule has 0 unspecified atom stereocenters. The third-order valence-corrected chi connectivity index (χ3v) is 4.22. The Morgan fingerprint density at radius 1 is 1.29 bits per heavy atom. The average molecular weight is 256 g/mol. The predicted octanol–water partition coefficient (Wildman–Crippen LogP) is 2.20. The summed E-state index contributed by atoms with van der Waals surface area (Å²) < 4.78 is 24.0. The normalized spacial score (nSPS) is 11.7. The molecule has 1 N–H and O–H groups in total. The van der Waals surface area contributed by atoms with E-state index in [2.05, 4.69) is 0 Å². The second-order valence-electron chi connectivity index (χ2n) is 4.30. The second kappa shape index (κ2) is 5.31. The zero-order valence-electron chi connectivity index (χ0n) is 9.88. The minimum atomic E-state index is -3.51. The van der Waals surface area contributed by atoms with Crippen LogP contribution in [0, 0.1) is 5.92 Å². The van der Waals surface area contributed by atoms with Crippen LogP contribution >= 0.6 is 0 Å². The van der Waals surface area contributed by atoms with Gasteiger partial charge in [0.25, 0.3) is 0 Å². The number of sulfone groups is 1. The molecule has 0 fully saturated rings. The molecule has 1 rings (SSSR count). The fourth-order valence-corrected chi connectivity index (χ4v) is 3.19. The summed E-state index contributed by atoms with van der Waals surface area (Å²) in [5.74, 6) is -0.968. The lowest BCUT2D eigenvalue weighted by atomic mass is 10.2. The number of carboxylic acid groups (broad SMARTS) is 1. The Morgan fingerprint density at radius 2 is 1.88 bits per heavy atom. The van der Waals surface area contributed by atoms with E-state index in [1.807, 2.05) is 13.8 Å². The molecule has 0 heterocycles. The van der Waals surface area contributed by atoms with Crippen molar-refractivity contribution in [2.75, 3.05) is 5.75 Å². The first kappa shape index (κ1) is 13.7. The van der Waals surface area contributed by atoms with Crippen molar-refractivity contribution < 1.29 is 18.3 Å². The van der Waals surface area contributed by atoms with E-state index in [-0.39, 0.29) is 22.1 Å². The van der Waals surface area contributed by atoms with E-state index in [4.69, 9.17) is 5.11 Å².